The maximum atomic E-state index is 12.9. The van der Waals surface area contributed by atoms with E-state index >= 15 is 0 Å². The second-order valence-corrected chi connectivity index (χ2v) is 7.86. The third-order valence-electron chi connectivity index (χ3n) is 5.52. The van der Waals surface area contributed by atoms with Gasteiger partial charge in [-0.3, -0.25) is 9.78 Å². The second kappa shape index (κ2) is 7.58. The van der Waals surface area contributed by atoms with Crippen LogP contribution in [0.4, 0.5) is 0 Å². The number of aryl methyl sites for hydroxylation is 3. The van der Waals surface area contributed by atoms with Gasteiger partial charge < -0.3 is 10.6 Å². The van der Waals surface area contributed by atoms with E-state index in [9.17, 15) is 4.79 Å². The molecular weight excluding hydrogens is 322 g/mol. The molecule has 4 heteroatoms. The van der Waals surface area contributed by atoms with Crippen LogP contribution >= 0.6 is 0 Å². The molecule has 2 heterocycles. The quantitative estimate of drug-likeness (QED) is 0.867. The summed E-state index contributed by atoms with van der Waals surface area (Å²) in [6.45, 7) is 7.74. The minimum atomic E-state index is -0.304. The number of fused-ring (bicyclic) bond motifs is 1. The number of hydrogen-bond donors (Lipinski definition) is 1. The lowest BCUT2D eigenvalue weighted by Gasteiger charge is -2.33. The Bertz CT molecular complexity index is 783. The van der Waals surface area contributed by atoms with Gasteiger partial charge in [0.05, 0.1) is 0 Å². The van der Waals surface area contributed by atoms with Crippen LogP contribution in [-0.2, 0) is 12.8 Å². The van der Waals surface area contributed by atoms with Crippen LogP contribution in [0, 0.1) is 13.8 Å². The average molecular weight is 351 g/mol. The molecule has 0 saturated heterocycles. The molecule has 0 radical (unpaired) electrons. The molecule has 138 valence electrons. The molecule has 3 rings (SSSR count). The van der Waals surface area contributed by atoms with Crippen molar-refractivity contribution in [1.82, 2.24) is 9.88 Å². The number of carbonyl (C=O) groups excluding carboxylic acids is 1. The number of hydrogen-bond acceptors (Lipinski definition) is 3. The lowest BCUT2D eigenvalue weighted by molar-refractivity contribution is 0.0727. The van der Waals surface area contributed by atoms with Crippen molar-refractivity contribution in [3.63, 3.8) is 0 Å². The van der Waals surface area contributed by atoms with Gasteiger partial charge in [-0.2, -0.15) is 0 Å². The summed E-state index contributed by atoms with van der Waals surface area (Å²) in [6, 6.07) is 10.2. The molecule has 26 heavy (non-hydrogen) atoms. The van der Waals surface area contributed by atoms with E-state index in [1.54, 1.807) is 0 Å². The standard InChI is InChI=1S/C22H29N3O/c1-16-14-18-8-12-25(21(26)20(18)15-17(16)2)13-10-22(3,23)9-7-19-6-4-5-11-24-19/h4-6,11,14-15H,7-10,12-13,23H2,1-3H3. The van der Waals surface area contributed by atoms with E-state index < -0.39 is 0 Å². The van der Waals surface area contributed by atoms with Crippen LogP contribution < -0.4 is 5.73 Å². The highest BCUT2D eigenvalue weighted by molar-refractivity contribution is 5.97. The molecule has 2 aromatic rings. The summed E-state index contributed by atoms with van der Waals surface area (Å²) >= 11 is 0. The van der Waals surface area contributed by atoms with Gasteiger partial charge in [-0.05, 0) is 81.3 Å². The van der Waals surface area contributed by atoms with Gasteiger partial charge in [0.15, 0.2) is 0 Å². The van der Waals surface area contributed by atoms with Gasteiger partial charge in [0, 0.05) is 36.1 Å². The van der Waals surface area contributed by atoms with Crippen LogP contribution in [0.5, 0.6) is 0 Å². The number of amides is 1. The average Bonchev–Trinajstić information content (AvgIpc) is 2.62. The summed E-state index contributed by atoms with van der Waals surface area (Å²) < 4.78 is 0. The lowest BCUT2D eigenvalue weighted by Crippen LogP contribution is -2.44. The van der Waals surface area contributed by atoms with Crippen LogP contribution in [0.3, 0.4) is 0 Å². The number of nitrogens with zero attached hydrogens (tertiary/aromatic N) is 2. The molecule has 1 amide bonds. The molecule has 1 aliphatic rings. The van der Waals surface area contributed by atoms with Gasteiger partial charge in [-0.25, -0.2) is 0 Å². The smallest absolute Gasteiger partial charge is 0.254 e. The molecule has 2 N–H and O–H groups in total. The summed E-state index contributed by atoms with van der Waals surface area (Å²) in [4.78, 5) is 19.2. The predicted molar refractivity (Wildman–Crippen MR) is 105 cm³/mol. The van der Waals surface area contributed by atoms with Gasteiger partial charge in [0.2, 0.25) is 0 Å². The van der Waals surface area contributed by atoms with Gasteiger partial charge in [0.25, 0.3) is 5.91 Å². The zero-order valence-electron chi connectivity index (χ0n) is 16.1. The Morgan fingerprint density at radius 2 is 1.96 bits per heavy atom. The topological polar surface area (TPSA) is 59.2 Å². The first-order chi connectivity index (χ1) is 12.4. The Kier molecular flexibility index (Phi) is 5.42. The molecule has 0 saturated carbocycles. The highest BCUT2D eigenvalue weighted by Gasteiger charge is 2.27. The van der Waals surface area contributed by atoms with E-state index in [2.05, 4.69) is 31.8 Å². The number of nitrogens with two attached hydrogens (primary N) is 1. The Labute approximate surface area is 156 Å². The first kappa shape index (κ1) is 18.6. The fraction of sp³-hybridized carbons (Fsp3) is 0.455. The molecule has 0 fully saturated rings. The first-order valence-corrected chi connectivity index (χ1v) is 9.44. The van der Waals surface area contributed by atoms with E-state index in [1.807, 2.05) is 35.4 Å². The van der Waals surface area contributed by atoms with Crippen molar-refractivity contribution in [3.05, 3.63) is 64.5 Å². The highest BCUT2D eigenvalue weighted by Crippen LogP contribution is 2.24. The number of carbonyl (C=O) groups is 1. The van der Waals surface area contributed by atoms with E-state index in [4.69, 9.17) is 5.73 Å². The minimum absolute atomic E-state index is 0.148. The molecule has 1 unspecified atom stereocenters. The number of pyridine rings is 1. The molecule has 1 aromatic carbocycles. The molecule has 1 atom stereocenters. The molecular formula is C22H29N3O. The maximum Gasteiger partial charge on any atom is 0.254 e. The van der Waals surface area contributed by atoms with Crippen molar-refractivity contribution < 1.29 is 4.79 Å². The molecule has 1 aliphatic heterocycles. The molecule has 4 nitrogen and oxygen atoms in total. The largest absolute Gasteiger partial charge is 0.338 e. The van der Waals surface area contributed by atoms with Crippen LogP contribution in [0.2, 0.25) is 0 Å². The normalized spacial score (nSPS) is 16.3. The summed E-state index contributed by atoms with van der Waals surface area (Å²) in [5.74, 6) is 0.148. The van der Waals surface area contributed by atoms with Gasteiger partial charge >= 0.3 is 0 Å². The van der Waals surface area contributed by atoms with Crippen molar-refractivity contribution in [2.24, 2.45) is 5.73 Å². The Morgan fingerprint density at radius 3 is 2.69 bits per heavy atom. The van der Waals surface area contributed by atoms with Gasteiger partial charge in [0.1, 0.15) is 0 Å². The number of rotatable bonds is 6. The van der Waals surface area contributed by atoms with Crippen LogP contribution in [0.25, 0.3) is 0 Å². The third kappa shape index (κ3) is 4.31. The fourth-order valence-corrected chi connectivity index (χ4v) is 3.50. The van der Waals surface area contributed by atoms with Crippen molar-refractivity contribution >= 4 is 5.91 Å². The molecule has 0 bridgehead atoms. The highest BCUT2D eigenvalue weighted by atomic mass is 16.2. The lowest BCUT2D eigenvalue weighted by atomic mass is 9.90. The van der Waals surface area contributed by atoms with E-state index in [-0.39, 0.29) is 11.4 Å². The van der Waals surface area contributed by atoms with Crippen LogP contribution in [-0.4, -0.2) is 34.4 Å². The van der Waals surface area contributed by atoms with Crippen LogP contribution in [0.15, 0.2) is 36.5 Å². The molecule has 0 spiro atoms. The van der Waals surface area contributed by atoms with E-state index in [1.165, 1.54) is 16.7 Å². The van der Waals surface area contributed by atoms with Crippen molar-refractivity contribution in [2.75, 3.05) is 13.1 Å². The first-order valence-electron chi connectivity index (χ1n) is 9.44. The predicted octanol–water partition coefficient (Wildman–Crippen LogP) is 3.44. The Hall–Kier alpha value is -2.20. The van der Waals surface area contributed by atoms with Gasteiger partial charge in [-0.15, -0.1) is 0 Å². The Morgan fingerprint density at radius 1 is 1.19 bits per heavy atom. The van der Waals surface area contributed by atoms with Crippen molar-refractivity contribution in [3.8, 4) is 0 Å². The summed E-state index contributed by atoms with van der Waals surface area (Å²) in [5, 5.41) is 0. The zero-order chi connectivity index (χ0) is 18.7. The maximum absolute atomic E-state index is 12.9. The fourth-order valence-electron chi connectivity index (χ4n) is 3.50. The van der Waals surface area contributed by atoms with Crippen LogP contribution in [0.1, 0.15) is 52.5 Å². The van der Waals surface area contributed by atoms with E-state index in [0.717, 1.165) is 43.5 Å². The number of aromatic nitrogens is 1. The molecule has 1 aromatic heterocycles. The number of benzene rings is 1. The monoisotopic (exact) mass is 351 g/mol. The second-order valence-electron chi connectivity index (χ2n) is 7.86. The summed E-state index contributed by atoms with van der Waals surface area (Å²) in [7, 11) is 0. The van der Waals surface area contributed by atoms with E-state index in [0.29, 0.717) is 6.54 Å². The zero-order valence-corrected chi connectivity index (χ0v) is 16.1. The van der Waals surface area contributed by atoms with Gasteiger partial charge in [-0.1, -0.05) is 12.1 Å². The minimum Gasteiger partial charge on any atom is -0.338 e. The summed E-state index contributed by atoms with van der Waals surface area (Å²) in [5.41, 5.74) is 11.7. The SMILES string of the molecule is Cc1cc2c(cc1C)C(=O)N(CCC(C)(N)CCc1ccccn1)CC2. The van der Waals surface area contributed by atoms with Crippen molar-refractivity contribution in [1.29, 1.82) is 0 Å². The van der Waals surface area contributed by atoms with Crippen molar-refractivity contribution in [2.45, 2.75) is 52.0 Å². The Balaban J connectivity index is 1.59. The third-order valence-corrected chi connectivity index (χ3v) is 5.52. The summed E-state index contributed by atoms with van der Waals surface area (Å²) in [6.07, 6.45) is 5.27. The molecule has 0 aliphatic carbocycles.